The summed E-state index contributed by atoms with van der Waals surface area (Å²) in [5.41, 5.74) is -0.429. The van der Waals surface area contributed by atoms with E-state index in [1.54, 1.807) is 12.1 Å². The van der Waals surface area contributed by atoms with Gasteiger partial charge in [0.15, 0.2) is 23.0 Å². The van der Waals surface area contributed by atoms with E-state index in [1.165, 1.54) is 6.92 Å². The first-order valence-electron chi connectivity index (χ1n) is 10.5. The Hall–Kier alpha value is -3.30. The average molecular weight is 436 g/mol. The van der Waals surface area contributed by atoms with E-state index in [2.05, 4.69) is 10.1 Å². The Morgan fingerprint density at radius 1 is 1.12 bits per heavy atom. The van der Waals surface area contributed by atoms with Crippen molar-refractivity contribution in [2.24, 2.45) is 0 Å². The van der Waals surface area contributed by atoms with Gasteiger partial charge in [-0.15, -0.1) is 5.10 Å². The van der Waals surface area contributed by atoms with Crippen molar-refractivity contribution < 1.29 is 18.6 Å². The lowest BCUT2D eigenvalue weighted by atomic mass is 9.73. The number of aromatic nitrogens is 3. The molecule has 2 radical (unpaired) electrons. The first-order chi connectivity index (χ1) is 15.3. The predicted molar refractivity (Wildman–Crippen MR) is 117 cm³/mol. The average Bonchev–Trinajstić information content (AvgIpc) is 2.78. The Morgan fingerprint density at radius 2 is 1.84 bits per heavy atom. The molecule has 1 saturated heterocycles. The number of nitrogens with zero attached hydrogens (tertiary/aromatic N) is 4. The van der Waals surface area contributed by atoms with Crippen molar-refractivity contribution >= 4 is 19.3 Å². The number of aryl methyl sites for hydroxylation is 2. The Labute approximate surface area is 185 Å². The summed E-state index contributed by atoms with van der Waals surface area (Å²) < 4.78 is 32.3. The SMILES string of the molecule is [B]C1(Oc2ccc3c(c2)OCCO3)CCN(c2nn3c(=O)c(F)c(C)nc3cc2C)CC1. The molecular weight excluding hydrogens is 414 g/mol. The minimum absolute atomic E-state index is 0.0612. The van der Waals surface area contributed by atoms with Gasteiger partial charge in [-0.2, -0.15) is 8.91 Å². The lowest BCUT2D eigenvalue weighted by molar-refractivity contribution is 0.124. The monoisotopic (exact) mass is 436 g/mol. The molecule has 5 rings (SSSR count). The molecule has 2 aliphatic rings. The zero-order valence-corrected chi connectivity index (χ0v) is 17.9. The lowest BCUT2D eigenvalue weighted by Crippen LogP contribution is -2.49. The molecule has 0 amide bonds. The number of rotatable bonds is 3. The van der Waals surface area contributed by atoms with Gasteiger partial charge in [0.25, 0.3) is 0 Å². The molecule has 4 heterocycles. The van der Waals surface area contributed by atoms with Crippen molar-refractivity contribution in [3.8, 4) is 17.2 Å². The van der Waals surface area contributed by atoms with Gasteiger partial charge >= 0.3 is 5.56 Å². The summed E-state index contributed by atoms with van der Waals surface area (Å²) >= 11 is 0. The maximum atomic E-state index is 14.1. The largest absolute Gasteiger partial charge is 0.497 e. The molecule has 10 heteroatoms. The summed E-state index contributed by atoms with van der Waals surface area (Å²) in [5, 5.41) is 4.40. The van der Waals surface area contributed by atoms with E-state index in [9.17, 15) is 9.18 Å². The zero-order chi connectivity index (χ0) is 22.5. The minimum Gasteiger partial charge on any atom is -0.497 e. The molecule has 1 fully saturated rings. The Bertz CT molecular complexity index is 1260. The second kappa shape index (κ2) is 7.68. The van der Waals surface area contributed by atoms with Crippen LogP contribution in [-0.2, 0) is 0 Å². The molecule has 164 valence electrons. The highest BCUT2D eigenvalue weighted by atomic mass is 19.1. The van der Waals surface area contributed by atoms with Crippen LogP contribution in [0.4, 0.5) is 10.2 Å². The molecule has 0 atom stereocenters. The highest BCUT2D eigenvalue weighted by Crippen LogP contribution is 2.36. The van der Waals surface area contributed by atoms with Crippen molar-refractivity contribution in [1.82, 2.24) is 14.6 Å². The molecule has 0 N–H and O–H groups in total. The van der Waals surface area contributed by atoms with E-state index in [0.717, 1.165) is 10.1 Å². The van der Waals surface area contributed by atoms with Crippen LogP contribution in [0.25, 0.3) is 5.65 Å². The van der Waals surface area contributed by atoms with Crippen LogP contribution in [0.3, 0.4) is 0 Å². The normalized spacial score (nSPS) is 17.4. The van der Waals surface area contributed by atoms with Gasteiger partial charge in [-0.1, -0.05) is 0 Å². The second-order valence-corrected chi connectivity index (χ2v) is 8.20. The third-order valence-corrected chi connectivity index (χ3v) is 5.83. The molecule has 0 saturated carbocycles. The molecular formula is C22H22BFN4O4. The van der Waals surface area contributed by atoms with Crippen LogP contribution >= 0.6 is 0 Å². The molecule has 3 aromatic rings. The van der Waals surface area contributed by atoms with Crippen LogP contribution in [0.15, 0.2) is 29.1 Å². The van der Waals surface area contributed by atoms with Crippen molar-refractivity contribution in [2.75, 3.05) is 31.2 Å². The fraction of sp³-hybridized carbons (Fsp3) is 0.409. The molecule has 1 aromatic carbocycles. The number of ether oxygens (including phenoxy) is 3. The number of hydrogen-bond donors (Lipinski definition) is 0. The summed E-state index contributed by atoms with van der Waals surface area (Å²) in [6.07, 6.45) is 1.08. The van der Waals surface area contributed by atoms with Crippen LogP contribution in [0, 0.1) is 19.7 Å². The molecule has 0 bridgehead atoms. The summed E-state index contributed by atoms with van der Waals surface area (Å²) in [4.78, 5) is 18.5. The van der Waals surface area contributed by atoms with Gasteiger partial charge in [0, 0.05) is 19.2 Å². The quantitative estimate of drug-likeness (QED) is 0.583. The summed E-state index contributed by atoms with van der Waals surface area (Å²) in [6, 6.07) is 7.17. The molecule has 2 aliphatic heterocycles. The fourth-order valence-electron chi connectivity index (χ4n) is 4.08. The van der Waals surface area contributed by atoms with Crippen LogP contribution < -0.4 is 24.7 Å². The summed E-state index contributed by atoms with van der Waals surface area (Å²) in [7, 11) is 6.54. The van der Waals surface area contributed by atoms with Gasteiger partial charge in [-0.05, 0) is 50.5 Å². The molecule has 0 unspecified atom stereocenters. The highest BCUT2D eigenvalue weighted by molar-refractivity contribution is 6.14. The van der Waals surface area contributed by atoms with Crippen molar-refractivity contribution in [1.29, 1.82) is 0 Å². The smallest absolute Gasteiger partial charge is 0.310 e. The van der Waals surface area contributed by atoms with Gasteiger partial charge in [0.05, 0.1) is 11.2 Å². The van der Waals surface area contributed by atoms with E-state index < -0.39 is 16.9 Å². The number of fused-ring (bicyclic) bond motifs is 2. The number of benzene rings is 1. The van der Waals surface area contributed by atoms with Crippen LogP contribution in [0.1, 0.15) is 24.1 Å². The van der Waals surface area contributed by atoms with E-state index in [0.29, 0.717) is 67.9 Å². The van der Waals surface area contributed by atoms with Crippen LogP contribution in [0.5, 0.6) is 17.2 Å². The minimum atomic E-state index is -0.891. The number of halogens is 1. The van der Waals surface area contributed by atoms with E-state index in [1.807, 2.05) is 24.0 Å². The second-order valence-electron chi connectivity index (χ2n) is 8.20. The van der Waals surface area contributed by atoms with Gasteiger partial charge in [0.2, 0.25) is 5.82 Å². The van der Waals surface area contributed by atoms with Gasteiger partial charge in [-0.25, -0.2) is 4.98 Å². The Kier molecular flexibility index (Phi) is 4.95. The van der Waals surface area contributed by atoms with Crippen molar-refractivity contribution in [3.63, 3.8) is 0 Å². The fourth-order valence-corrected chi connectivity index (χ4v) is 4.08. The summed E-state index contributed by atoms with van der Waals surface area (Å²) in [6.45, 7) is 5.52. The molecule has 8 nitrogen and oxygen atoms in total. The first-order valence-corrected chi connectivity index (χ1v) is 10.5. The van der Waals surface area contributed by atoms with Crippen molar-refractivity contribution in [3.05, 3.63) is 51.7 Å². The standard InChI is InChI=1S/C22H22BFN4O4/c1-13-11-18-25-14(2)19(24)21(29)28(18)26-20(13)27-7-5-22(23,6-8-27)32-15-3-4-16-17(12-15)31-10-9-30-16/h3-4,11-12H,5-10H2,1-2H3. The lowest BCUT2D eigenvalue weighted by Gasteiger charge is -2.41. The molecule has 0 spiro atoms. The maximum Gasteiger partial charge on any atom is 0.310 e. The van der Waals surface area contributed by atoms with E-state index >= 15 is 0 Å². The number of piperidine rings is 1. The van der Waals surface area contributed by atoms with E-state index in [4.69, 9.17) is 22.1 Å². The Balaban J connectivity index is 1.34. The van der Waals surface area contributed by atoms with Crippen LogP contribution in [0.2, 0.25) is 0 Å². The topological polar surface area (TPSA) is 78.2 Å². The van der Waals surface area contributed by atoms with Gasteiger partial charge in [-0.3, -0.25) is 4.79 Å². The van der Waals surface area contributed by atoms with Crippen LogP contribution in [-0.4, -0.2) is 54.2 Å². The van der Waals surface area contributed by atoms with Gasteiger partial charge in [0.1, 0.15) is 26.8 Å². The Morgan fingerprint density at radius 3 is 2.59 bits per heavy atom. The molecule has 2 aromatic heterocycles. The molecule has 0 aliphatic carbocycles. The van der Waals surface area contributed by atoms with E-state index in [-0.39, 0.29) is 5.69 Å². The third-order valence-electron chi connectivity index (χ3n) is 5.83. The summed E-state index contributed by atoms with van der Waals surface area (Å²) in [5.74, 6) is 1.67. The number of anilines is 1. The van der Waals surface area contributed by atoms with Crippen molar-refractivity contribution in [2.45, 2.75) is 32.2 Å². The third kappa shape index (κ3) is 3.63. The maximum absolute atomic E-state index is 14.1. The zero-order valence-electron chi connectivity index (χ0n) is 17.9. The predicted octanol–water partition coefficient (Wildman–Crippen LogP) is 2.16. The highest BCUT2D eigenvalue weighted by Gasteiger charge is 2.33. The molecule has 32 heavy (non-hydrogen) atoms. The van der Waals surface area contributed by atoms with Gasteiger partial charge < -0.3 is 19.1 Å². The number of hydrogen-bond acceptors (Lipinski definition) is 7. The first kappa shape index (κ1) is 20.6.